The summed E-state index contributed by atoms with van der Waals surface area (Å²) in [5.41, 5.74) is 0.858. The average Bonchev–Trinajstić information content (AvgIpc) is 2.78. The smallest absolute Gasteiger partial charge is 0.258 e. The maximum atomic E-state index is 12.5. The molecule has 0 aromatic heterocycles. The van der Waals surface area contributed by atoms with Crippen LogP contribution in [0.2, 0.25) is 0 Å². The highest BCUT2D eigenvalue weighted by molar-refractivity contribution is 7.89. The average molecular weight is 451 g/mol. The molecule has 170 valence electrons. The molecule has 0 spiro atoms. The quantitative estimate of drug-likeness (QED) is 0.566. The van der Waals surface area contributed by atoms with E-state index < -0.39 is 10.0 Å². The lowest BCUT2D eigenvalue weighted by atomic mass is 10.1. The first-order chi connectivity index (χ1) is 14.8. The van der Waals surface area contributed by atoms with Crippen molar-refractivity contribution in [2.45, 2.75) is 31.7 Å². The third kappa shape index (κ3) is 6.11. The van der Waals surface area contributed by atoms with Gasteiger partial charge in [0.1, 0.15) is 5.75 Å². The third-order valence-corrected chi connectivity index (χ3v) is 6.89. The second kappa shape index (κ2) is 11.0. The van der Waals surface area contributed by atoms with Crippen molar-refractivity contribution >= 4 is 15.9 Å². The number of hydrogen-bond donors (Lipinski definition) is 1. The predicted molar refractivity (Wildman–Crippen MR) is 118 cm³/mol. The van der Waals surface area contributed by atoms with Crippen molar-refractivity contribution in [2.24, 2.45) is 0 Å². The molecule has 0 bridgehead atoms. The van der Waals surface area contributed by atoms with Crippen LogP contribution in [0.15, 0.2) is 47.4 Å². The molecule has 2 aromatic carbocycles. The number of benzene rings is 2. The standard InChI is InChI=1S/C22H30N2O6S/c1-6-24(7-2)31(26,27)19-11-9-18(10-12-19)30-15-22(25)23-16(3)17-8-13-20(28-4)21(14-17)29-5/h8-14,16H,6-7,15H2,1-5H3,(H,23,25). The molecule has 1 amide bonds. The van der Waals surface area contributed by atoms with Crippen LogP contribution in [0.25, 0.3) is 0 Å². The first kappa shape index (κ1) is 24.5. The van der Waals surface area contributed by atoms with E-state index in [-0.39, 0.29) is 23.5 Å². The Bertz CT molecular complexity index is 972. The molecule has 0 aliphatic heterocycles. The number of sulfonamides is 1. The number of methoxy groups -OCH3 is 2. The van der Waals surface area contributed by atoms with Crippen molar-refractivity contribution in [3.63, 3.8) is 0 Å². The summed E-state index contributed by atoms with van der Waals surface area (Å²) in [5, 5.41) is 2.86. The number of amides is 1. The Morgan fingerprint density at radius 1 is 1.00 bits per heavy atom. The molecular weight excluding hydrogens is 420 g/mol. The SMILES string of the molecule is CCN(CC)S(=O)(=O)c1ccc(OCC(=O)NC(C)c2ccc(OC)c(OC)c2)cc1. The minimum absolute atomic E-state index is 0.190. The van der Waals surface area contributed by atoms with Crippen molar-refractivity contribution in [3.8, 4) is 17.2 Å². The zero-order chi connectivity index (χ0) is 23.0. The molecule has 1 unspecified atom stereocenters. The molecule has 0 saturated heterocycles. The van der Waals surface area contributed by atoms with Crippen LogP contribution >= 0.6 is 0 Å². The number of nitrogens with zero attached hydrogens (tertiary/aromatic N) is 1. The largest absolute Gasteiger partial charge is 0.493 e. The van der Waals surface area contributed by atoms with E-state index in [4.69, 9.17) is 14.2 Å². The van der Waals surface area contributed by atoms with Gasteiger partial charge in [-0.05, 0) is 48.9 Å². The van der Waals surface area contributed by atoms with Gasteiger partial charge in [-0.2, -0.15) is 4.31 Å². The Morgan fingerprint density at radius 2 is 1.61 bits per heavy atom. The molecule has 0 heterocycles. The number of hydrogen-bond acceptors (Lipinski definition) is 6. The van der Waals surface area contributed by atoms with Gasteiger partial charge < -0.3 is 19.5 Å². The summed E-state index contributed by atoms with van der Waals surface area (Å²) in [6.07, 6.45) is 0. The molecule has 8 nitrogen and oxygen atoms in total. The fourth-order valence-corrected chi connectivity index (χ4v) is 4.52. The van der Waals surface area contributed by atoms with Gasteiger partial charge in [-0.25, -0.2) is 8.42 Å². The lowest BCUT2D eigenvalue weighted by Crippen LogP contribution is -2.31. The molecule has 0 saturated carbocycles. The fraction of sp³-hybridized carbons (Fsp3) is 0.409. The molecule has 2 rings (SSSR count). The van der Waals surface area contributed by atoms with Crippen LogP contribution in [-0.2, 0) is 14.8 Å². The topological polar surface area (TPSA) is 94.2 Å². The Labute approximate surface area is 184 Å². The van der Waals surface area contributed by atoms with Crippen molar-refractivity contribution in [1.82, 2.24) is 9.62 Å². The van der Waals surface area contributed by atoms with Crippen LogP contribution in [0.1, 0.15) is 32.4 Å². The predicted octanol–water partition coefficient (Wildman–Crippen LogP) is 2.99. The molecular formula is C22H30N2O6S. The van der Waals surface area contributed by atoms with E-state index in [1.807, 2.05) is 13.0 Å². The highest BCUT2D eigenvalue weighted by Gasteiger charge is 2.21. The summed E-state index contributed by atoms with van der Waals surface area (Å²) >= 11 is 0. The minimum Gasteiger partial charge on any atom is -0.493 e. The van der Waals surface area contributed by atoms with Gasteiger partial charge in [-0.15, -0.1) is 0 Å². The lowest BCUT2D eigenvalue weighted by molar-refractivity contribution is -0.123. The van der Waals surface area contributed by atoms with Gasteiger partial charge in [0.2, 0.25) is 10.0 Å². The Morgan fingerprint density at radius 3 is 2.16 bits per heavy atom. The Kier molecular flexibility index (Phi) is 8.70. The molecule has 2 aromatic rings. The summed E-state index contributed by atoms with van der Waals surface area (Å²) in [6.45, 7) is 6.04. The first-order valence-electron chi connectivity index (χ1n) is 10.0. The monoisotopic (exact) mass is 450 g/mol. The molecule has 0 radical (unpaired) electrons. The second-order valence-electron chi connectivity index (χ2n) is 6.75. The van der Waals surface area contributed by atoms with Crippen LogP contribution in [0, 0.1) is 0 Å². The minimum atomic E-state index is -3.53. The molecule has 9 heteroatoms. The molecule has 1 atom stereocenters. The Hall–Kier alpha value is -2.78. The number of rotatable bonds is 11. The van der Waals surface area contributed by atoms with E-state index in [2.05, 4.69) is 5.32 Å². The number of ether oxygens (including phenoxy) is 3. The summed E-state index contributed by atoms with van der Waals surface area (Å²) in [7, 11) is -0.413. The van der Waals surface area contributed by atoms with Gasteiger partial charge in [-0.1, -0.05) is 19.9 Å². The van der Waals surface area contributed by atoms with Crippen molar-refractivity contribution < 1.29 is 27.4 Å². The second-order valence-corrected chi connectivity index (χ2v) is 8.69. The van der Waals surface area contributed by atoms with E-state index >= 15 is 0 Å². The van der Waals surface area contributed by atoms with Crippen LogP contribution in [0.4, 0.5) is 0 Å². The normalized spacial score (nSPS) is 12.3. The molecule has 1 N–H and O–H groups in total. The first-order valence-corrected chi connectivity index (χ1v) is 11.4. The number of nitrogens with one attached hydrogen (secondary N) is 1. The zero-order valence-electron chi connectivity index (χ0n) is 18.5. The van der Waals surface area contributed by atoms with Gasteiger partial charge in [0.25, 0.3) is 5.91 Å². The van der Waals surface area contributed by atoms with Gasteiger partial charge in [0.05, 0.1) is 25.2 Å². The lowest BCUT2D eigenvalue weighted by Gasteiger charge is -2.18. The van der Waals surface area contributed by atoms with Gasteiger partial charge in [0, 0.05) is 13.1 Å². The highest BCUT2D eigenvalue weighted by Crippen LogP contribution is 2.29. The summed E-state index contributed by atoms with van der Waals surface area (Å²) < 4.78 is 42.4. The third-order valence-electron chi connectivity index (χ3n) is 4.82. The van der Waals surface area contributed by atoms with Crippen LogP contribution in [0.5, 0.6) is 17.2 Å². The van der Waals surface area contributed by atoms with Crippen molar-refractivity contribution in [1.29, 1.82) is 0 Å². The Balaban J connectivity index is 1.95. The van der Waals surface area contributed by atoms with Gasteiger partial charge in [0.15, 0.2) is 18.1 Å². The van der Waals surface area contributed by atoms with Gasteiger partial charge in [-0.3, -0.25) is 4.79 Å². The van der Waals surface area contributed by atoms with E-state index in [9.17, 15) is 13.2 Å². The summed E-state index contributed by atoms with van der Waals surface area (Å²) in [5.74, 6) is 1.30. The van der Waals surface area contributed by atoms with E-state index in [0.717, 1.165) is 5.56 Å². The number of carbonyl (C=O) groups is 1. The van der Waals surface area contributed by atoms with Crippen LogP contribution in [-0.4, -0.2) is 52.5 Å². The maximum Gasteiger partial charge on any atom is 0.258 e. The highest BCUT2D eigenvalue weighted by atomic mass is 32.2. The summed E-state index contributed by atoms with van der Waals surface area (Å²) in [6, 6.07) is 11.2. The van der Waals surface area contributed by atoms with E-state index in [1.54, 1.807) is 52.3 Å². The fourth-order valence-electron chi connectivity index (χ4n) is 3.06. The number of carbonyl (C=O) groups excluding carboxylic acids is 1. The molecule has 0 aliphatic rings. The van der Waals surface area contributed by atoms with Crippen LogP contribution < -0.4 is 19.5 Å². The van der Waals surface area contributed by atoms with Crippen molar-refractivity contribution in [3.05, 3.63) is 48.0 Å². The summed E-state index contributed by atoms with van der Waals surface area (Å²) in [4.78, 5) is 12.5. The van der Waals surface area contributed by atoms with Crippen LogP contribution in [0.3, 0.4) is 0 Å². The maximum absolute atomic E-state index is 12.5. The van der Waals surface area contributed by atoms with Gasteiger partial charge >= 0.3 is 0 Å². The van der Waals surface area contributed by atoms with E-state index in [1.165, 1.54) is 16.4 Å². The zero-order valence-corrected chi connectivity index (χ0v) is 19.4. The van der Waals surface area contributed by atoms with Crippen molar-refractivity contribution in [2.75, 3.05) is 33.9 Å². The molecule has 0 fully saturated rings. The molecule has 31 heavy (non-hydrogen) atoms. The molecule has 0 aliphatic carbocycles. The van der Waals surface area contributed by atoms with E-state index in [0.29, 0.717) is 30.3 Å².